The van der Waals surface area contributed by atoms with Crippen molar-refractivity contribution < 1.29 is 9.47 Å². The van der Waals surface area contributed by atoms with Crippen LogP contribution in [0.15, 0.2) is 4.99 Å². The van der Waals surface area contributed by atoms with Crippen LogP contribution in [0, 0.1) is 0 Å². The Morgan fingerprint density at radius 1 is 1.00 bits per heavy atom. The molecule has 0 aromatic heterocycles. The third-order valence-corrected chi connectivity index (χ3v) is 5.51. The van der Waals surface area contributed by atoms with Gasteiger partial charge in [0.05, 0.1) is 12.6 Å². The van der Waals surface area contributed by atoms with Gasteiger partial charge in [0.25, 0.3) is 0 Å². The molecular formula is C20H41N5O2. The van der Waals surface area contributed by atoms with Crippen molar-refractivity contribution in [3.05, 3.63) is 0 Å². The number of hydrogen-bond donors (Lipinski definition) is 1. The van der Waals surface area contributed by atoms with Gasteiger partial charge in [0, 0.05) is 72.7 Å². The van der Waals surface area contributed by atoms with E-state index < -0.39 is 0 Å². The van der Waals surface area contributed by atoms with Crippen molar-refractivity contribution in [1.29, 1.82) is 0 Å². The number of ether oxygens (including phenoxy) is 2. The molecule has 0 aliphatic carbocycles. The Bertz CT molecular complexity index is 405. The number of piperazine rings is 1. The normalized spacial score (nSPS) is 21.0. The van der Waals surface area contributed by atoms with Crippen LogP contribution in [0.4, 0.5) is 0 Å². The highest BCUT2D eigenvalue weighted by Gasteiger charge is 2.22. The number of hydrogen-bond acceptors (Lipinski definition) is 5. The molecule has 2 aliphatic heterocycles. The molecule has 0 atom stereocenters. The second-order valence-electron chi connectivity index (χ2n) is 7.42. The number of guanidine groups is 1. The van der Waals surface area contributed by atoms with Gasteiger partial charge in [0.2, 0.25) is 0 Å². The van der Waals surface area contributed by atoms with E-state index in [-0.39, 0.29) is 0 Å². The second-order valence-corrected chi connectivity index (χ2v) is 7.42. The summed E-state index contributed by atoms with van der Waals surface area (Å²) in [6.07, 6.45) is 3.52. The monoisotopic (exact) mass is 383 g/mol. The predicted octanol–water partition coefficient (Wildman–Crippen LogP) is 1.11. The summed E-state index contributed by atoms with van der Waals surface area (Å²) in [4.78, 5) is 12.4. The smallest absolute Gasteiger partial charge is 0.193 e. The first kappa shape index (κ1) is 22.4. The lowest BCUT2D eigenvalue weighted by Gasteiger charge is -2.35. The first-order chi connectivity index (χ1) is 13.3. The van der Waals surface area contributed by atoms with E-state index in [1.54, 1.807) is 7.11 Å². The van der Waals surface area contributed by atoms with Gasteiger partial charge in [-0.2, -0.15) is 0 Å². The van der Waals surface area contributed by atoms with Crippen molar-refractivity contribution in [2.75, 3.05) is 85.8 Å². The molecule has 158 valence electrons. The summed E-state index contributed by atoms with van der Waals surface area (Å²) in [5.41, 5.74) is 0. The van der Waals surface area contributed by atoms with Gasteiger partial charge in [-0.1, -0.05) is 6.92 Å². The van der Waals surface area contributed by atoms with Crippen molar-refractivity contribution in [1.82, 2.24) is 20.0 Å². The molecule has 27 heavy (non-hydrogen) atoms. The molecule has 0 bridgehead atoms. The average Bonchev–Trinajstić information content (AvgIpc) is 2.71. The van der Waals surface area contributed by atoms with Crippen LogP contribution in [0.2, 0.25) is 0 Å². The SMILES string of the molecule is CCNC(=NCCN1CCN(CC)CC1)N1CCC(OCCCOC)CC1. The molecule has 0 saturated carbocycles. The van der Waals surface area contributed by atoms with Gasteiger partial charge in [0.15, 0.2) is 5.96 Å². The molecule has 1 N–H and O–H groups in total. The van der Waals surface area contributed by atoms with Gasteiger partial charge in [-0.05, 0) is 32.7 Å². The van der Waals surface area contributed by atoms with Gasteiger partial charge >= 0.3 is 0 Å². The largest absolute Gasteiger partial charge is 0.385 e. The number of aliphatic imine (C=N–C) groups is 1. The maximum atomic E-state index is 5.97. The van der Waals surface area contributed by atoms with E-state index in [4.69, 9.17) is 14.5 Å². The van der Waals surface area contributed by atoms with E-state index >= 15 is 0 Å². The minimum absolute atomic E-state index is 0.385. The number of likely N-dealkylation sites (tertiary alicyclic amines) is 1. The summed E-state index contributed by atoms with van der Waals surface area (Å²) >= 11 is 0. The van der Waals surface area contributed by atoms with Crippen LogP contribution in [-0.4, -0.2) is 113 Å². The number of likely N-dealkylation sites (N-methyl/N-ethyl adjacent to an activating group) is 1. The fourth-order valence-corrected chi connectivity index (χ4v) is 3.74. The first-order valence-corrected chi connectivity index (χ1v) is 10.8. The van der Waals surface area contributed by atoms with Crippen molar-refractivity contribution in [3.8, 4) is 0 Å². The van der Waals surface area contributed by atoms with Gasteiger partial charge < -0.3 is 24.6 Å². The standard InChI is InChI=1S/C20H41N5O2/c1-4-21-20(22-9-12-24-15-13-23(5-2)14-16-24)25-10-7-19(8-11-25)27-18-6-17-26-3/h19H,4-18H2,1-3H3,(H,21,22). The minimum atomic E-state index is 0.385. The van der Waals surface area contributed by atoms with Crippen molar-refractivity contribution in [2.24, 2.45) is 4.99 Å². The number of rotatable bonds is 10. The maximum absolute atomic E-state index is 5.97. The molecular weight excluding hydrogens is 342 g/mol. The zero-order chi connectivity index (χ0) is 19.3. The lowest BCUT2D eigenvalue weighted by molar-refractivity contribution is 0.00990. The molecule has 2 fully saturated rings. The molecule has 2 rings (SSSR count). The lowest BCUT2D eigenvalue weighted by Crippen LogP contribution is -2.48. The zero-order valence-electron chi connectivity index (χ0n) is 17.8. The molecule has 0 radical (unpaired) electrons. The highest BCUT2D eigenvalue weighted by molar-refractivity contribution is 5.80. The molecule has 0 aromatic carbocycles. The summed E-state index contributed by atoms with van der Waals surface area (Å²) in [6.45, 7) is 16.8. The van der Waals surface area contributed by atoms with Gasteiger partial charge in [-0.25, -0.2) is 0 Å². The van der Waals surface area contributed by atoms with Crippen LogP contribution in [0.5, 0.6) is 0 Å². The molecule has 2 saturated heterocycles. The zero-order valence-corrected chi connectivity index (χ0v) is 17.8. The minimum Gasteiger partial charge on any atom is -0.385 e. The number of methoxy groups -OCH3 is 1. The van der Waals surface area contributed by atoms with E-state index in [0.29, 0.717) is 6.10 Å². The highest BCUT2D eigenvalue weighted by Crippen LogP contribution is 2.14. The van der Waals surface area contributed by atoms with Crippen LogP contribution in [0.3, 0.4) is 0 Å². The molecule has 7 heteroatoms. The fourth-order valence-electron chi connectivity index (χ4n) is 3.74. The van der Waals surface area contributed by atoms with Gasteiger partial charge in [-0.3, -0.25) is 9.89 Å². The Balaban J connectivity index is 1.69. The molecule has 2 aliphatic rings. The summed E-state index contributed by atoms with van der Waals surface area (Å²) in [6, 6.07) is 0. The Morgan fingerprint density at radius 3 is 2.33 bits per heavy atom. The van der Waals surface area contributed by atoms with E-state index in [0.717, 1.165) is 71.2 Å². The van der Waals surface area contributed by atoms with Crippen LogP contribution >= 0.6 is 0 Å². The van der Waals surface area contributed by atoms with E-state index in [9.17, 15) is 0 Å². The average molecular weight is 384 g/mol. The molecule has 0 aromatic rings. The van der Waals surface area contributed by atoms with Crippen LogP contribution in [-0.2, 0) is 9.47 Å². The third-order valence-electron chi connectivity index (χ3n) is 5.51. The van der Waals surface area contributed by atoms with E-state index in [1.807, 2.05) is 0 Å². The Hall–Kier alpha value is -0.890. The highest BCUT2D eigenvalue weighted by atomic mass is 16.5. The molecule has 7 nitrogen and oxygen atoms in total. The van der Waals surface area contributed by atoms with Crippen LogP contribution in [0.1, 0.15) is 33.1 Å². The summed E-state index contributed by atoms with van der Waals surface area (Å²) in [5, 5.41) is 3.47. The van der Waals surface area contributed by atoms with Gasteiger partial charge in [0.1, 0.15) is 0 Å². The van der Waals surface area contributed by atoms with E-state index in [1.165, 1.54) is 32.7 Å². The number of nitrogens with zero attached hydrogens (tertiary/aromatic N) is 4. The predicted molar refractivity (Wildman–Crippen MR) is 112 cm³/mol. The number of nitrogens with one attached hydrogen (secondary N) is 1. The van der Waals surface area contributed by atoms with Crippen molar-refractivity contribution in [3.63, 3.8) is 0 Å². The Kier molecular flexibility index (Phi) is 11.0. The summed E-state index contributed by atoms with van der Waals surface area (Å²) < 4.78 is 11.1. The third kappa shape index (κ3) is 8.34. The van der Waals surface area contributed by atoms with Crippen LogP contribution in [0.25, 0.3) is 0 Å². The van der Waals surface area contributed by atoms with E-state index in [2.05, 4.69) is 33.9 Å². The Morgan fingerprint density at radius 2 is 1.70 bits per heavy atom. The van der Waals surface area contributed by atoms with Crippen LogP contribution < -0.4 is 5.32 Å². The molecule has 0 spiro atoms. The quantitative estimate of drug-likeness (QED) is 0.346. The van der Waals surface area contributed by atoms with Gasteiger partial charge in [-0.15, -0.1) is 0 Å². The topological polar surface area (TPSA) is 52.6 Å². The van der Waals surface area contributed by atoms with Crippen molar-refractivity contribution in [2.45, 2.75) is 39.2 Å². The summed E-state index contributed by atoms with van der Waals surface area (Å²) in [7, 11) is 1.74. The second kappa shape index (κ2) is 13.3. The summed E-state index contributed by atoms with van der Waals surface area (Å²) in [5.74, 6) is 1.07. The maximum Gasteiger partial charge on any atom is 0.193 e. The molecule has 0 amide bonds. The fraction of sp³-hybridized carbons (Fsp3) is 0.950. The Labute approximate surface area is 166 Å². The first-order valence-electron chi connectivity index (χ1n) is 10.8. The molecule has 0 unspecified atom stereocenters. The molecule has 2 heterocycles. The lowest BCUT2D eigenvalue weighted by atomic mass is 10.1. The number of piperidine rings is 1. The van der Waals surface area contributed by atoms with Crippen molar-refractivity contribution >= 4 is 5.96 Å².